The molecule has 1 aromatic carbocycles. The molecule has 1 N–H and O–H groups in total. The Kier molecular flexibility index (Phi) is 3.44. The molecular formula is C16H12N4OS2. The smallest absolute Gasteiger partial charge is 0.153 e. The van der Waals surface area contributed by atoms with Crippen molar-refractivity contribution in [2.45, 2.75) is 0 Å². The lowest BCUT2D eigenvalue weighted by molar-refractivity contribution is 0.701. The maximum atomic E-state index is 11.8. The van der Waals surface area contributed by atoms with Gasteiger partial charge in [-0.1, -0.05) is 18.2 Å². The third-order valence-electron chi connectivity index (χ3n) is 3.67. The predicted molar refractivity (Wildman–Crippen MR) is 94.0 cm³/mol. The number of hydrogen-bond acceptors (Lipinski definition) is 4. The van der Waals surface area contributed by atoms with Crippen molar-refractivity contribution in [2.24, 2.45) is 7.05 Å². The molecular weight excluding hydrogens is 328 g/mol. The number of thiazole rings is 1. The third kappa shape index (κ3) is 2.34. The summed E-state index contributed by atoms with van der Waals surface area (Å²) in [6.45, 7) is 0. The topological polar surface area (TPSA) is 63.6 Å². The molecule has 0 aliphatic carbocycles. The van der Waals surface area contributed by atoms with Crippen LogP contribution in [-0.2, 0) is 18.3 Å². The molecule has 0 unspecified atom stereocenters. The maximum Gasteiger partial charge on any atom is 0.153 e. The molecule has 0 aliphatic heterocycles. The van der Waals surface area contributed by atoms with Crippen LogP contribution in [0.15, 0.2) is 48.2 Å². The van der Waals surface area contributed by atoms with Crippen LogP contribution in [0.3, 0.4) is 0 Å². The highest BCUT2D eigenvalue weighted by Crippen LogP contribution is 2.28. The number of nitrogens with one attached hydrogen (secondary N) is 1. The van der Waals surface area contributed by atoms with E-state index in [-0.39, 0.29) is 0 Å². The van der Waals surface area contributed by atoms with Crippen LogP contribution in [0.1, 0.15) is 11.4 Å². The molecule has 0 aliphatic rings. The number of benzene rings is 1. The van der Waals surface area contributed by atoms with Gasteiger partial charge in [-0.05, 0) is 6.07 Å². The lowest BCUT2D eigenvalue weighted by Gasteiger charge is -2.05. The van der Waals surface area contributed by atoms with Gasteiger partial charge in [-0.15, -0.1) is 11.3 Å². The molecule has 0 radical (unpaired) electrons. The lowest BCUT2D eigenvalue weighted by atomic mass is 10.1. The monoisotopic (exact) mass is 340 g/mol. The number of rotatable bonds is 3. The van der Waals surface area contributed by atoms with E-state index in [1.165, 1.54) is 0 Å². The minimum Gasteiger partial charge on any atom is -0.352 e. The van der Waals surface area contributed by atoms with E-state index in [2.05, 4.69) is 21.0 Å². The molecule has 3 aromatic heterocycles. The predicted octanol–water partition coefficient (Wildman–Crippen LogP) is 2.81. The minimum atomic E-state index is 0.467. The van der Waals surface area contributed by atoms with Gasteiger partial charge in [0.25, 0.3) is 0 Å². The summed E-state index contributed by atoms with van der Waals surface area (Å²) in [4.78, 5) is 12.7. The number of para-hydroxylation sites is 1. The van der Waals surface area contributed by atoms with Crippen LogP contribution in [0.4, 0.5) is 0 Å². The van der Waals surface area contributed by atoms with Crippen LogP contribution in [0.5, 0.6) is 0 Å². The molecule has 0 spiro atoms. The van der Waals surface area contributed by atoms with Crippen LogP contribution in [-0.4, -0.2) is 28.6 Å². The molecule has 114 valence electrons. The number of H-pyrrole nitrogens is 1. The molecule has 0 fully saturated rings. The van der Waals surface area contributed by atoms with Crippen molar-refractivity contribution in [1.82, 2.24) is 19.5 Å². The molecule has 7 heteroatoms. The van der Waals surface area contributed by atoms with Gasteiger partial charge in [0, 0.05) is 42.0 Å². The largest absolute Gasteiger partial charge is 0.352 e. The molecule has 3 heterocycles. The number of aromatic nitrogens is 4. The summed E-state index contributed by atoms with van der Waals surface area (Å²) in [6.07, 6.45) is 5.31. The summed E-state index contributed by atoms with van der Waals surface area (Å²) >= 11 is 2.05. The summed E-state index contributed by atoms with van der Waals surface area (Å²) in [5.74, 6) is 0.669. The van der Waals surface area contributed by atoms with E-state index >= 15 is 0 Å². The first-order valence-corrected chi connectivity index (χ1v) is 8.56. The molecule has 4 aromatic rings. The molecule has 0 amide bonds. The summed E-state index contributed by atoms with van der Waals surface area (Å²) < 4.78 is 13.6. The highest BCUT2D eigenvalue weighted by Gasteiger charge is 2.16. The Morgan fingerprint density at radius 1 is 1.30 bits per heavy atom. The van der Waals surface area contributed by atoms with Gasteiger partial charge in [0.1, 0.15) is 21.1 Å². The van der Waals surface area contributed by atoms with Crippen molar-refractivity contribution in [3.63, 3.8) is 0 Å². The Labute approximate surface area is 139 Å². The van der Waals surface area contributed by atoms with E-state index in [1.54, 1.807) is 23.7 Å². The van der Waals surface area contributed by atoms with Gasteiger partial charge in [-0.3, -0.25) is 0 Å². The van der Waals surface area contributed by atoms with E-state index in [1.807, 2.05) is 41.4 Å². The SMILES string of the molecule is Cn1ccnc1C(=S=O)c1cccc2cc(-c3nccs3)[nH]c12. The van der Waals surface area contributed by atoms with Crippen LogP contribution in [0, 0.1) is 0 Å². The van der Waals surface area contributed by atoms with E-state index in [0.29, 0.717) is 21.9 Å². The molecule has 0 bridgehead atoms. The van der Waals surface area contributed by atoms with Gasteiger partial charge in [0.05, 0.1) is 11.2 Å². The van der Waals surface area contributed by atoms with Crippen molar-refractivity contribution in [3.8, 4) is 10.7 Å². The van der Waals surface area contributed by atoms with E-state index in [4.69, 9.17) is 0 Å². The first-order valence-electron chi connectivity index (χ1n) is 6.94. The second-order valence-electron chi connectivity index (χ2n) is 5.06. The number of hydrogen-bond donors (Lipinski definition) is 1. The van der Waals surface area contributed by atoms with E-state index in [9.17, 15) is 4.21 Å². The molecule has 0 atom stereocenters. The van der Waals surface area contributed by atoms with Gasteiger partial charge in [0.15, 0.2) is 5.82 Å². The van der Waals surface area contributed by atoms with Crippen molar-refractivity contribution < 1.29 is 4.21 Å². The maximum absolute atomic E-state index is 11.8. The van der Waals surface area contributed by atoms with Gasteiger partial charge in [0.2, 0.25) is 0 Å². The van der Waals surface area contributed by atoms with E-state index in [0.717, 1.165) is 27.2 Å². The zero-order chi connectivity index (χ0) is 15.8. The Balaban J connectivity index is 1.94. The summed E-state index contributed by atoms with van der Waals surface area (Å²) in [5, 5.41) is 3.93. The van der Waals surface area contributed by atoms with E-state index < -0.39 is 0 Å². The van der Waals surface area contributed by atoms with Gasteiger partial charge in [-0.25, -0.2) is 14.2 Å². The fourth-order valence-corrected chi connectivity index (χ4v) is 3.74. The Hall–Kier alpha value is -2.51. The zero-order valence-corrected chi connectivity index (χ0v) is 13.8. The highest BCUT2D eigenvalue weighted by molar-refractivity contribution is 7.67. The van der Waals surface area contributed by atoms with Crippen molar-refractivity contribution >= 4 is 38.4 Å². The summed E-state index contributed by atoms with van der Waals surface area (Å²) in [6, 6.07) is 7.98. The van der Waals surface area contributed by atoms with Gasteiger partial charge < -0.3 is 9.55 Å². The average Bonchev–Trinajstić information content (AvgIpc) is 3.28. The number of nitrogens with zero attached hydrogens (tertiary/aromatic N) is 3. The molecule has 0 saturated heterocycles. The molecule has 4 rings (SSSR count). The van der Waals surface area contributed by atoms with Crippen molar-refractivity contribution in [1.29, 1.82) is 0 Å². The standard InChI is InChI=1S/C16H12N4OS2/c1-20-7-5-17-15(20)14(23-21)11-4-2-3-10-9-12(19-13(10)11)16-18-6-8-22-16/h2-9,19H,1H3. The second-order valence-corrected chi connectivity index (χ2v) is 6.53. The number of aryl methyl sites for hydroxylation is 1. The summed E-state index contributed by atoms with van der Waals surface area (Å²) in [7, 11) is 1.88. The highest BCUT2D eigenvalue weighted by atomic mass is 32.1. The quantitative estimate of drug-likeness (QED) is 0.461. The zero-order valence-electron chi connectivity index (χ0n) is 12.2. The Bertz CT molecular complexity index is 1040. The van der Waals surface area contributed by atoms with Crippen LogP contribution >= 0.6 is 11.3 Å². The Morgan fingerprint density at radius 2 is 2.22 bits per heavy atom. The van der Waals surface area contributed by atoms with Gasteiger partial charge >= 0.3 is 0 Å². The van der Waals surface area contributed by atoms with Gasteiger partial charge in [-0.2, -0.15) is 0 Å². The number of aromatic amines is 1. The number of imidazole rings is 1. The Morgan fingerprint density at radius 3 is 2.91 bits per heavy atom. The van der Waals surface area contributed by atoms with Crippen molar-refractivity contribution in [3.05, 3.63) is 59.6 Å². The fraction of sp³-hybridized carbons (Fsp3) is 0.0625. The average molecular weight is 340 g/mol. The third-order valence-corrected chi connectivity index (χ3v) is 5.05. The van der Waals surface area contributed by atoms with Crippen LogP contribution < -0.4 is 0 Å². The normalized spacial score (nSPS) is 11.0. The first kappa shape index (κ1) is 14.1. The minimum absolute atomic E-state index is 0.467. The van der Waals surface area contributed by atoms with Crippen LogP contribution in [0.2, 0.25) is 0 Å². The molecule has 23 heavy (non-hydrogen) atoms. The summed E-state index contributed by atoms with van der Waals surface area (Å²) in [5.41, 5.74) is 2.75. The van der Waals surface area contributed by atoms with Crippen LogP contribution in [0.25, 0.3) is 21.6 Å². The van der Waals surface area contributed by atoms with Crippen molar-refractivity contribution in [2.75, 3.05) is 0 Å². The molecule has 0 saturated carbocycles. The number of fused-ring (bicyclic) bond motifs is 1. The first-order chi connectivity index (χ1) is 11.3. The molecule has 5 nitrogen and oxygen atoms in total. The second kappa shape index (κ2) is 5.60. The fourth-order valence-electron chi connectivity index (χ4n) is 2.60. The lowest BCUT2D eigenvalue weighted by Crippen LogP contribution is -2.10.